The number of benzene rings is 1. The van der Waals surface area contributed by atoms with E-state index in [1.54, 1.807) is 35.0 Å². The van der Waals surface area contributed by atoms with E-state index in [0.29, 0.717) is 22.6 Å². The van der Waals surface area contributed by atoms with Gasteiger partial charge in [0.25, 0.3) is 0 Å². The van der Waals surface area contributed by atoms with E-state index >= 15 is 0 Å². The molecule has 0 saturated carbocycles. The van der Waals surface area contributed by atoms with E-state index in [2.05, 4.69) is 4.98 Å². The Morgan fingerprint density at radius 1 is 1.10 bits per heavy atom. The zero-order valence-electron chi connectivity index (χ0n) is 10.2. The van der Waals surface area contributed by atoms with Crippen LogP contribution in [-0.2, 0) is 6.18 Å². The molecule has 2 aromatic heterocycles. The summed E-state index contributed by atoms with van der Waals surface area (Å²) in [6.07, 6.45) is -0.967. The van der Waals surface area contributed by atoms with Crippen LogP contribution in [0.1, 0.15) is 5.56 Å². The number of anilines is 1. The third-order valence-corrected chi connectivity index (χ3v) is 3.00. The predicted octanol–water partition coefficient (Wildman–Crippen LogP) is 3.60. The zero-order valence-corrected chi connectivity index (χ0v) is 10.2. The Bertz CT molecular complexity index is 775. The van der Waals surface area contributed by atoms with Crippen molar-refractivity contribution in [3.63, 3.8) is 0 Å². The van der Waals surface area contributed by atoms with Gasteiger partial charge in [-0.2, -0.15) is 13.2 Å². The maximum Gasteiger partial charge on any atom is 0.416 e. The van der Waals surface area contributed by atoms with Crippen LogP contribution >= 0.6 is 0 Å². The first-order valence-corrected chi connectivity index (χ1v) is 5.86. The highest BCUT2D eigenvalue weighted by Crippen LogP contribution is 2.32. The summed E-state index contributed by atoms with van der Waals surface area (Å²) in [5.41, 5.74) is 6.95. The molecule has 0 aliphatic heterocycles. The SMILES string of the molecule is Nc1cccn2cc(-c3cccc(C(F)(F)F)c3)nc12. The van der Waals surface area contributed by atoms with Crippen molar-refractivity contribution >= 4 is 11.3 Å². The van der Waals surface area contributed by atoms with Crippen LogP contribution in [0.5, 0.6) is 0 Å². The number of fused-ring (bicyclic) bond motifs is 1. The molecule has 1 aromatic carbocycles. The van der Waals surface area contributed by atoms with Crippen LogP contribution in [0.3, 0.4) is 0 Å². The fourth-order valence-corrected chi connectivity index (χ4v) is 2.03. The quantitative estimate of drug-likeness (QED) is 0.738. The van der Waals surface area contributed by atoms with Gasteiger partial charge < -0.3 is 10.1 Å². The van der Waals surface area contributed by atoms with Crippen LogP contribution in [-0.4, -0.2) is 9.38 Å². The summed E-state index contributed by atoms with van der Waals surface area (Å²) < 4.78 is 39.8. The topological polar surface area (TPSA) is 43.3 Å². The van der Waals surface area contributed by atoms with Crippen molar-refractivity contribution in [1.82, 2.24) is 9.38 Å². The second kappa shape index (κ2) is 4.26. The van der Waals surface area contributed by atoms with Gasteiger partial charge in [0.05, 0.1) is 16.9 Å². The largest absolute Gasteiger partial charge is 0.416 e. The van der Waals surface area contributed by atoms with Gasteiger partial charge in [-0.1, -0.05) is 12.1 Å². The number of nitrogens with zero attached hydrogens (tertiary/aromatic N) is 2. The minimum atomic E-state index is -4.37. The molecule has 0 bridgehead atoms. The molecule has 102 valence electrons. The second-order valence-electron chi connectivity index (χ2n) is 4.40. The normalized spacial score (nSPS) is 11.9. The van der Waals surface area contributed by atoms with Crippen LogP contribution < -0.4 is 5.73 Å². The van der Waals surface area contributed by atoms with E-state index in [4.69, 9.17) is 5.73 Å². The molecule has 0 aliphatic carbocycles. The smallest absolute Gasteiger partial charge is 0.396 e. The molecule has 0 atom stereocenters. The number of imidazole rings is 1. The van der Waals surface area contributed by atoms with Crippen molar-refractivity contribution in [2.24, 2.45) is 0 Å². The zero-order chi connectivity index (χ0) is 14.3. The number of aromatic nitrogens is 2. The van der Waals surface area contributed by atoms with Crippen molar-refractivity contribution in [3.8, 4) is 11.3 Å². The number of hydrogen-bond acceptors (Lipinski definition) is 2. The molecule has 2 heterocycles. The average Bonchev–Trinajstić information content (AvgIpc) is 2.83. The Morgan fingerprint density at radius 2 is 1.90 bits per heavy atom. The van der Waals surface area contributed by atoms with Crippen LogP contribution in [0.2, 0.25) is 0 Å². The van der Waals surface area contributed by atoms with Gasteiger partial charge in [0.2, 0.25) is 0 Å². The second-order valence-corrected chi connectivity index (χ2v) is 4.40. The molecular weight excluding hydrogens is 267 g/mol. The minimum absolute atomic E-state index is 0.405. The summed E-state index contributed by atoms with van der Waals surface area (Å²) in [4.78, 5) is 4.28. The Labute approximate surface area is 112 Å². The molecule has 6 heteroatoms. The summed E-state index contributed by atoms with van der Waals surface area (Å²) >= 11 is 0. The molecule has 20 heavy (non-hydrogen) atoms. The van der Waals surface area contributed by atoms with Gasteiger partial charge in [-0.15, -0.1) is 0 Å². The van der Waals surface area contributed by atoms with Crippen molar-refractivity contribution in [3.05, 3.63) is 54.4 Å². The van der Waals surface area contributed by atoms with E-state index in [-0.39, 0.29) is 0 Å². The van der Waals surface area contributed by atoms with Crippen molar-refractivity contribution in [2.75, 3.05) is 5.73 Å². The molecule has 0 amide bonds. The molecule has 0 saturated heterocycles. The van der Waals surface area contributed by atoms with Crippen molar-refractivity contribution < 1.29 is 13.2 Å². The van der Waals surface area contributed by atoms with Crippen molar-refractivity contribution in [2.45, 2.75) is 6.18 Å². The Kier molecular flexibility index (Phi) is 2.67. The first-order valence-electron chi connectivity index (χ1n) is 5.86. The lowest BCUT2D eigenvalue weighted by atomic mass is 10.1. The highest BCUT2D eigenvalue weighted by Gasteiger charge is 2.30. The predicted molar refractivity (Wildman–Crippen MR) is 70.0 cm³/mol. The molecule has 0 aliphatic rings. The van der Waals surface area contributed by atoms with Crippen LogP contribution in [0.25, 0.3) is 16.9 Å². The standard InChI is InChI=1S/C14H10F3N3/c15-14(16,17)10-4-1-3-9(7-10)12-8-20-6-2-5-11(18)13(20)19-12/h1-8H,18H2. The van der Waals surface area contributed by atoms with Gasteiger partial charge >= 0.3 is 6.18 Å². The monoisotopic (exact) mass is 277 g/mol. The molecule has 0 spiro atoms. The van der Waals surface area contributed by atoms with E-state index in [1.807, 2.05) is 0 Å². The summed E-state index contributed by atoms with van der Waals surface area (Å²) in [5.74, 6) is 0. The maximum atomic E-state index is 12.7. The molecular formula is C14H10F3N3. The number of hydrogen-bond donors (Lipinski definition) is 1. The van der Waals surface area contributed by atoms with Gasteiger partial charge in [-0.3, -0.25) is 0 Å². The van der Waals surface area contributed by atoms with E-state index in [1.165, 1.54) is 6.07 Å². The summed E-state index contributed by atoms with van der Waals surface area (Å²) in [5, 5.41) is 0. The van der Waals surface area contributed by atoms with Crippen LogP contribution in [0.4, 0.5) is 18.9 Å². The fraction of sp³-hybridized carbons (Fsp3) is 0.0714. The van der Waals surface area contributed by atoms with Gasteiger partial charge in [-0.25, -0.2) is 4.98 Å². The van der Waals surface area contributed by atoms with Gasteiger partial charge in [0, 0.05) is 18.0 Å². The molecule has 3 aromatic rings. The molecule has 2 N–H and O–H groups in total. The molecule has 0 radical (unpaired) electrons. The van der Waals surface area contributed by atoms with Crippen LogP contribution in [0, 0.1) is 0 Å². The third kappa shape index (κ3) is 2.09. The first kappa shape index (κ1) is 12.5. The number of halogens is 3. The van der Waals surface area contributed by atoms with Crippen molar-refractivity contribution in [1.29, 1.82) is 0 Å². The Hall–Kier alpha value is -2.50. The van der Waals surface area contributed by atoms with Gasteiger partial charge in [0.1, 0.15) is 0 Å². The lowest BCUT2D eigenvalue weighted by Crippen LogP contribution is -2.04. The minimum Gasteiger partial charge on any atom is -0.396 e. The molecule has 3 nitrogen and oxygen atoms in total. The van der Waals surface area contributed by atoms with Crippen LogP contribution in [0.15, 0.2) is 48.8 Å². The number of nitrogen functional groups attached to an aromatic ring is 1. The van der Waals surface area contributed by atoms with E-state index < -0.39 is 11.7 Å². The fourth-order valence-electron chi connectivity index (χ4n) is 2.03. The highest BCUT2D eigenvalue weighted by molar-refractivity contribution is 5.71. The maximum absolute atomic E-state index is 12.7. The lowest BCUT2D eigenvalue weighted by Gasteiger charge is -2.07. The number of alkyl halides is 3. The lowest BCUT2D eigenvalue weighted by molar-refractivity contribution is -0.137. The van der Waals surface area contributed by atoms with Gasteiger partial charge in [-0.05, 0) is 24.3 Å². The molecule has 0 unspecified atom stereocenters. The first-order chi connectivity index (χ1) is 9.45. The Morgan fingerprint density at radius 3 is 2.60 bits per heavy atom. The summed E-state index contributed by atoms with van der Waals surface area (Å²) in [6, 6.07) is 8.52. The Balaban J connectivity index is 2.14. The average molecular weight is 277 g/mol. The summed E-state index contributed by atoms with van der Waals surface area (Å²) in [6.45, 7) is 0. The highest BCUT2D eigenvalue weighted by atomic mass is 19.4. The number of pyridine rings is 1. The summed E-state index contributed by atoms with van der Waals surface area (Å²) in [7, 11) is 0. The molecule has 0 fully saturated rings. The van der Waals surface area contributed by atoms with E-state index in [9.17, 15) is 13.2 Å². The van der Waals surface area contributed by atoms with Gasteiger partial charge in [0.15, 0.2) is 5.65 Å². The third-order valence-electron chi connectivity index (χ3n) is 3.00. The number of rotatable bonds is 1. The van der Waals surface area contributed by atoms with E-state index in [0.717, 1.165) is 12.1 Å². The number of nitrogens with two attached hydrogens (primary N) is 1. The molecule has 3 rings (SSSR count).